The van der Waals surface area contributed by atoms with Gasteiger partial charge in [-0.1, -0.05) is 48.5 Å². The Morgan fingerprint density at radius 1 is 0.720 bits per heavy atom. The van der Waals surface area contributed by atoms with Crippen LogP contribution >= 0.6 is 0 Å². The molecule has 1 N–H and O–H groups in total. The summed E-state index contributed by atoms with van der Waals surface area (Å²) in [5.41, 5.74) is 1.44. The molecule has 0 fully saturated rings. The largest absolute Gasteiger partial charge is 0.490 e. The molecule has 0 saturated heterocycles. The monoisotopic (exact) mass is 337 g/mol. The molecule has 3 aromatic rings. The second kappa shape index (κ2) is 8.73. The van der Waals surface area contributed by atoms with Crippen LogP contribution in [0.3, 0.4) is 0 Å². The summed E-state index contributed by atoms with van der Waals surface area (Å²) in [6.07, 6.45) is 0. The summed E-state index contributed by atoms with van der Waals surface area (Å²) in [5, 5.41) is 3.10. The number of halogens is 1. The van der Waals surface area contributed by atoms with Crippen LogP contribution in [0.25, 0.3) is 0 Å². The molecule has 0 unspecified atom stereocenters. The molecule has 0 aliphatic heterocycles. The maximum atomic E-state index is 13.7. The molecule has 25 heavy (non-hydrogen) atoms. The first-order chi connectivity index (χ1) is 12.3. The van der Waals surface area contributed by atoms with Crippen molar-refractivity contribution in [3.05, 3.63) is 90.2 Å². The maximum absolute atomic E-state index is 13.7. The van der Waals surface area contributed by atoms with Crippen LogP contribution in [0.4, 0.5) is 10.1 Å². The fraction of sp³-hybridized carbons (Fsp3) is 0.143. The van der Waals surface area contributed by atoms with E-state index in [9.17, 15) is 4.39 Å². The van der Waals surface area contributed by atoms with Gasteiger partial charge in [0.1, 0.15) is 30.5 Å². The van der Waals surface area contributed by atoms with Crippen LogP contribution in [0.2, 0.25) is 0 Å². The molecule has 0 amide bonds. The van der Waals surface area contributed by atoms with Crippen LogP contribution in [0.1, 0.15) is 5.56 Å². The van der Waals surface area contributed by atoms with Crippen LogP contribution in [-0.2, 0) is 6.54 Å². The van der Waals surface area contributed by atoms with Crippen molar-refractivity contribution in [3.8, 4) is 11.5 Å². The highest BCUT2D eigenvalue weighted by Crippen LogP contribution is 2.21. The Hall–Kier alpha value is -3.01. The number of hydrogen-bond donors (Lipinski definition) is 1. The summed E-state index contributed by atoms with van der Waals surface area (Å²) in [5.74, 6) is 1.32. The van der Waals surface area contributed by atoms with Gasteiger partial charge in [0.15, 0.2) is 0 Å². The first kappa shape index (κ1) is 16.8. The van der Waals surface area contributed by atoms with Crippen LogP contribution in [0, 0.1) is 5.82 Å². The van der Waals surface area contributed by atoms with Gasteiger partial charge in [-0.3, -0.25) is 0 Å². The Bertz CT molecular complexity index is 793. The van der Waals surface area contributed by atoms with E-state index in [1.165, 1.54) is 6.07 Å². The van der Waals surface area contributed by atoms with Gasteiger partial charge in [-0.25, -0.2) is 4.39 Å². The molecule has 3 aromatic carbocycles. The van der Waals surface area contributed by atoms with Crippen LogP contribution in [0.15, 0.2) is 78.9 Å². The molecule has 0 saturated carbocycles. The molecule has 0 aliphatic rings. The molecule has 0 aromatic heterocycles. The van der Waals surface area contributed by atoms with E-state index in [-0.39, 0.29) is 5.82 Å². The second-order valence-electron chi connectivity index (χ2n) is 5.45. The van der Waals surface area contributed by atoms with E-state index in [2.05, 4.69) is 5.32 Å². The number of anilines is 1. The van der Waals surface area contributed by atoms with Crippen molar-refractivity contribution in [2.24, 2.45) is 0 Å². The van der Waals surface area contributed by atoms with Gasteiger partial charge in [-0.05, 0) is 30.3 Å². The van der Waals surface area contributed by atoms with Crippen molar-refractivity contribution in [1.82, 2.24) is 0 Å². The van der Waals surface area contributed by atoms with Gasteiger partial charge >= 0.3 is 0 Å². The lowest BCUT2D eigenvalue weighted by Gasteiger charge is -2.13. The molecule has 0 aliphatic carbocycles. The van der Waals surface area contributed by atoms with Gasteiger partial charge in [0, 0.05) is 12.1 Å². The number of para-hydroxylation sites is 3. The maximum Gasteiger partial charge on any atom is 0.146 e. The van der Waals surface area contributed by atoms with Crippen molar-refractivity contribution < 1.29 is 13.9 Å². The molecule has 128 valence electrons. The van der Waals surface area contributed by atoms with Crippen LogP contribution in [-0.4, -0.2) is 13.2 Å². The minimum absolute atomic E-state index is 0.267. The van der Waals surface area contributed by atoms with Gasteiger partial charge in [-0.15, -0.1) is 0 Å². The quantitative estimate of drug-likeness (QED) is 0.593. The molecule has 0 bridgehead atoms. The highest BCUT2D eigenvalue weighted by atomic mass is 19.1. The van der Waals surface area contributed by atoms with Gasteiger partial charge in [0.25, 0.3) is 0 Å². The normalized spacial score (nSPS) is 10.3. The summed E-state index contributed by atoms with van der Waals surface area (Å²) in [7, 11) is 0. The average Bonchev–Trinajstić information content (AvgIpc) is 2.66. The zero-order chi connectivity index (χ0) is 17.3. The molecule has 3 rings (SSSR count). The molecule has 0 radical (unpaired) electrons. The predicted molar refractivity (Wildman–Crippen MR) is 97.6 cm³/mol. The highest BCUT2D eigenvalue weighted by molar-refractivity contribution is 5.46. The van der Waals surface area contributed by atoms with E-state index < -0.39 is 0 Å². The fourth-order valence-electron chi connectivity index (χ4n) is 2.41. The summed E-state index contributed by atoms with van der Waals surface area (Å²) in [6, 6.07) is 24.0. The first-order valence-electron chi connectivity index (χ1n) is 8.20. The standard InChI is InChI=1S/C21H20FNO2/c22-19-11-5-6-12-20(19)23-16-17-8-4-7-13-21(17)25-15-14-24-18-9-2-1-3-10-18/h1-13,23H,14-16H2. The summed E-state index contributed by atoms with van der Waals surface area (Å²) in [4.78, 5) is 0. The molecule has 0 heterocycles. The Balaban J connectivity index is 1.53. The Labute approximate surface area is 147 Å². The Kier molecular flexibility index (Phi) is 5.88. The van der Waals surface area contributed by atoms with Gasteiger partial charge in [0.2, 0.25) is 0 Å². The number of rotatable bonds is 8. The molecular formula is C21H20FNO2. The lowest BCUT2D eigenvalue weighted by molar-refractivity contribution is 0.216. The average molecular weight is 337 g/mol. The van der Waals surface area contributed by atoms with Gasteiger partial charge in [0.05, 0.1) is 5.69 Å². The summed E-state index contributed by atoms with van der Waals surface area (Å²) in [6.45, 7) is 1.38. The smallest absolute Gasteiger partial charge is 0.146 e. The second-order valence-corrected chi connectivity index (χ2v) is 5.45. The van der Waals surface area contributed by atoms with E-state index in [1.807, 2.05) is 54.6 Å². The Morgan fingerprint density at radius 3 is 2.24 bits per heavy atom. The van der Waals surface area contributed by atoms with E-state index in [1.54, 1.807) is 18.2 Å². The number of hydrogen-bond acceptors (Lipinski definition) is 3. The molecule has 0 spiro atoms. The van der Waals surface area contributed by atoms with E-state index in [0.717, 1.165) is 17.1 Å². The third kappa shape index (κ3) is 4.98. The van der Waals surface area contributed by atoms with Crippen LogP contribution in [0.5, 0.6) is 11.5 Å². The van der Waals surface area contributed by atoms with Crippen molar-refractivity contribution >= 4 is 5.69 Å². The number of nitrogens with one attached hydrogen (secondary N) is 1. The fourth-order valence-corrected chi connectivity index (χ4v) is 2.41. The summed E-state index contributed by atoms with van der Waals surface area (Å²) < 4.78 is 25.1. The highest BCUT2D eigenvalue weighted by Gasteiger charge is 2.05. The van der Waals surface area contributed by atoms with Gasteiger partial charge in [-0.2, -0.15) is 0 Å². The number of benzene rings is 3. The van der Waals surface area contributed by atoms with Crippen molar-refractivity contribution in [2.75, 3.05) is 18.5 Å². The molecule has 0 atom stereocenters. The molecular weight excluding hydrogens is 317 g/mol. The number of ether oxygens (including phenoxy) is 2. The van der Waals surface area contributed by atoms with E-state index >= 15 is 0 Å². The third-order valence-electron chi connectivity index (χ3n) is 3.67. The van der Waals surface area contributed by atoms with Crippen LogP contribution < -0.4 is 14.8 Å². The van der Waals surface area contributed by atoms with E-state index in [0.29, 0.717) is 25.4 Å². The lowest BCUT2D eigenvalue weighted by atomic mass is 10.2. The van der Waals surface area contributed by atoms with Gasteiger partial charge < -0.3 is 14.8 Å². The predicted octanol–water partition coefficient (Wildman–Crippen LogP) is 4.90. The first-order valence-corrected chi connectivity index (χ1v) is 8.20. The van der Waals surface area contributed by atoms with Crippen molar-refractivity contribution in [3.63, 3.8) is 0 Å². The SMILES string of the molecule is Fc1ccccc1NCc1ccccc1OCCOc1ccccc1. The third-order valence-corrected chi connectivity index (χ3v) is 3.67. The Morgan fingerprint density at radius 2 is 1.40 bits per heavy atom. The van der Waals surface area contributed by atoms with E-state index in [4.69, 9.17) is 9.47 Å². The molecule has 4 heteroatoms. The zero-order valence-corrected chi connectivity index (χ0v) is 13.8. The van der Waals surface area contributed by atoms with Crippen molar-refractivity contribution in [2.45, 2.75) is 6.54 Å². The topological polar surface area (TPSA) is 30.5 Å². The van der Waals surface area contributed by atoms with Crippen molar-refractivity contribution in [1.29, 1.82) is 0 Å². The molecule has 3 nitrogen and oxygen atoms in total. The zero-order valence-electron chi connectivity index (χ0n) is 13.8. The minimum Gasteiger partial charge on any atom is -0.490 e. The minimum atomic E-state index is -0.267. The summed E-state index contributed by atoms with van der Waals surface area (Å²) >= 11 is 0. The lowest BCUT2D eigenvalue weighted by Crippen LogP contribution is -2.11.